The van der Waals surface area contributed by atoms with Crippen molar-refractivity contribution in [2.75, 3.05) is 0 Å². The second-order valence-electron chi connectivity index (χ2n) is 7.22. The first-order valence-electron chi connectivity index (χ1n) is 9.67. The quantitative estimate of drug-likeness (QED) is 0.647. The fraction of sp³-hybridized carbons (Fsp3) is 0.208. The largest absolute Gasteiger partial charge is 0.350 e. The van der Waals surface area contributed by atoms with E-state index in [4.69, 9.17) is 0 Å². The van der Waals surface area contributed by atoms with Crippen LogP contribution in [0.25, 0.3) is 11.1 Å². The normalized spacial score (nSPS) is 11.7. The highest BCUT2D eigenvalue weighted by molar-refractivity contribution is 5.98. The van der Waals surface area contributed by atoms with Crippen LogP contribution in [0.15, 0.2) is 79.1 Å². The van der Waals surface area contributed by atoms with Gasteiger partial charge in [0.25, 0.3) is 5.91 Å². The van der Waals surface area contributed by atoms with Gasteiger partial charge in [0.2, 0.25) is 5.91 Å². The van der Waals surface area contributed by atoms with E-state index < -0.39 is 6.04 Å². The van der Waals surface area contributed by atoms with Gasteiger partial charge >= 0.3 is 0 Å². The number of benzene rings is 2. The zero-order valence-corrected chi connectivity index (χ0v) is 16.6. The van der Waals surface area contributed by atoms with Gasteiger partial charge in [-0.05, 0) is 40.8 Å². The molecule has 0 radical (unpaired) electrons. The van der Waals surface area contributed by atoms with Crippen molar-refractivity contribution in [2.24, 2.45) is 5.92 Å². The third-order valence-corrected chi connectivity index (χ3v) is 4.68. The number of hydrogen-bond donors (Lipinski definition) is 2. The van der Waals surface area contributed by atoms with Gasteiger partial charge in [0.05, 0.1) is 0 Å². The molecular formula is C24H25N3O2. The molecule has 0 fully saturated rings. The maximum Gasteiger partial charge on any atom is 0.251 e. The predicted molar refractivity (Wildman–Crippen MR) is 114 cm³/mol. The van der Waals surface area contributed by atoms with E-state index in [2.05, 4.69) is 15.6 Å². The molecule has 0 saturated carbocycles. The molecular weight excluding hydrogens is 362 g/mol. The summed E-state index contributed by atoms with van der Waals surface area (Å²) in [7, 11) is 0. The fourth-order valence-electron chi connectivity index (χ4n) is 3.01. The van der Waals surface area contributed by atoms with Gasteiger partial charge in [-0.2, -0.15) is 0 Å². The Morgan fingerprint density at radius 2 is 1.59 bits per heavy atom. The van der Waals surface area contributed by atoms with E-state index in [-0.39, 0.29) is 17.7 Å². The minimum absolute atomic E-state index is 0.0450. The number of hydrogen-bond acceptors (Lipinski definition) is 3. The summed E-state index contributed by atoms with van der Waals surface area (Å²) in [5.41, 5.74) is 3.56. The number of carbonyl (C=O) groups is 2. The molecule has 2 amide bonds. The first-order chi connectivity index (χ1) is 14.0. The number of rotatable bonds is 7. The maximum absolute atomic E-state index is 12.7. The Kier molecular flexibility index (Phi) is 6.74. The number of amides is 2. The van der Waals surface area contributed by atoms with E-state index in [9.17, 15) is 9.59 Å². The Balaban J connectivity index is 1.63. The molecule has 5 nitrogen and oxygen atoms in total. The van der Waals surface area contributed by atoms with Crippen molar-refractivity contribution >= 4 is 11.8 Å². The number of aromatic nitrogens is 1. The summed E-state index contributed by atoms with van der Waals surface area (Å²) in [6.07, 6.45) is 3.39. The van der Waals surface area contributed by atoms with E-state index >= 15 is 0 Å². The summed E-state index contributed by atoms with van der Waals surface area (Å²) in [4.78, 5) is 29.3. The van der Waals surface area contributed by atoms with Gasteiger partial charge in [-0.15, -0.1) is 0 Å². The molecule has 1 aromatic heterocycles. The number of carbonyl (C=O) groups excluding carboxylic acids is 2. The molecule has 29 heavy (non-hydrogen) atoms. The minimum Gasteiger partial charge on any atom is -0.350 e. The van der Waals surface area contributed by atoms with Gasteiger partial charge < -0.3 is 10.6 Å². The summed E-state index contributed by atoms with van der Waals surface area (Å²) in [5, 5.41) is 5.74. The average Bonchev–Trinajstić information content (AvgIpc) is 2.77. The molecule has 0 aliphatic carbocycles. The van der Waals surface area contributed by atoms with Gasteiger partial charge in [0, 0.05) is 24.5 Å². The van der Waals surface area contributed by atoms with Crippen LogP contribution in [0.2, 0.25) is 0 Å². The zero-order chi connectivity index (χ0) is 20.6. The second kappa shape index (κ2) is 9.64. The lowest BCUT2D eigenvalue weighted by Crippen LogP contribution is -2.49. The monoisotopic (exact) mass is 387 g/mol. The summed E-state index contributed by atoms with van der Waals surface area (Å²) < 4.78 is 0. The van der Waals surface area contributed by atoms with Gasteiger partial charge in [0.1, 0.15) is 6.04 Å². The highest BCUT2D eigenvalue weighted by Crippen LogP contribution is 2.19. The Hall–Kier alpha value is -3.47. The predicted octanol–water partition coefficient (Wildman–Crippen LogP) is 3.82. The molecule has 2 N–H and O–H groups in total. The Bertz CT molecular complexity index is 939. The van der Waals surface area contributed by atoms with Crippen molar-refractivity contribution in [3.8, 4) is 11.1 Å². The number of pyridine rings is 1. The van der Waals surface area contributed by atoms with E-state index in [0.717, 1.165) is 16.7 Å². The molecule has 0 spiro atoms. The van der Waals surface area contributed by atoms with Crippen molar-refractivity contribution < 1.29 is 9.59 Å². The van der Waals surface area contributed by atoms with Crippen molar-refractivity contribution in [1.29, 1.82) is 0 Å². The van der Waals surface area contributed by atoms with Crippen LogP contribution < -0.4 is 10.6 Å². The van der Waals surface area contributed by atoms with Gasteiger partial charge in [0.15, 0.2) is 0 Å². The third kappa shape index (κ3) is 5.51. The van der Waals surface area contributed by atoms with Crippen LogP contribution >= 0.6 is 0 Å². The van der Waals surface area contributed by atoms with Crippen LogP contribution in [0.1, 0.15) is 29.8 Å². The Labute approximate surface area is 171 Å². The standard InChI is InChI=1S/C24H25N3O2/c1-17(2)22(24(29)26-16-18-7-6-14-25-15-18)27-23(28)21-12-10-20(11-13-21)19-8-4-3-5-9-19/h3-15,17,22H,16H2,1-2H3,(H,26,29)(H,27,28)/t22-/m0/s1. The molecule has 0 unspecified atom stereocenters. The Morgan fingerprint density at radius 1 is 0.897 bits per heavy atom. The molecule has 0 aliphatic rings. The first kappa shape index (κ1) is 20.3. The average molecular weight is 387 g/mol. The molecule has 0 bridgehead atoms. The smallest absolute Gasteiger partial charge is 0.251 e. The molecule has 1 heterocycles. The highest BCUT2D eigenvalue weighted by atomic mass is 16.2. The van der Waals surface area contributed by atoms with E-state index in [0.29, 0.717) is 12.1 Å². The number of nitrogens with zero attached hydrogens (tertiary/aromatic N) is 1. The van der Waals surface area contributed by atoms with Gasteiger partial charge in [-0.3, -0.25) is 14.6 Å². The third-order valence-electron chi connectivity index (χ3n) is 4.68. The summed E-state index contributed by atoms with van der Waals surface area (Å²) >= 11 is 0. The van der Waals surface area contributed by atoms with Crippen LogP contribution in [0.5, 0.6) is 0 Å². The van der Waals surface area contributed by atoms with E-state index in [1.165, 1.54) is 0 Å². The Morgan fingerprint density at radius 3 is 2.21 bits per heavy atom. The van der Waals surface area contributed by atoms with Crippen molar-refractivity contribution in [1.82, 2.24) is 15.6 Å². The maximum atomic E-state index is 12.7. The van der Waals surface area contributed by atoms with Crippen LogP contribution in [-0.4, -0.2) is 22.8 Å². The first-order valence-corrected chi connectivity index (χ1v) is 9.67. The lowest BCUT2D eigenvalue weighted by Gasteiger charge is -2.22. The zero-order valence-electron chi connectivity index (χ0n) is 16.6. The topological polar surface area (TPSA) is 71.1 Å². The van der Waals surface area contributed by atoms with E-state index in [1.54, 1.807) is 24.5 Å². The van der Waals surface area contributed by atoms with Crippen LogP contribution in [0.3, 0.4) is 0 Å². The fourth-order valence-corrected chi connectivity index (χ4v) is 3.01. The summed E-state index contributed by atoms with van der Waals surface area (Å²) in [6.45, 7) is 4.19. The lowest BCUT2D eigenvalue weighted by atomic mass is 10.0. The highest BCUT2D eigenvalue weighted by Gasteiger charge is 2.24. The summed E-state index contributed by atoms with van der Waals surface area (Å²) in [5.74, 6) is -0.519. The van der Waals surface area contributed by atoms with Gasteiger partial charge in [-0.25, -0.2) is 0 Å². The molecule has 3 aromatic rings. The molecule has 0 aliphatic heterocycles. The van der Waals surface area contributed by atoms with E-state index in [1.807, 2.05) is 68.4 Å². The summed E-state index contributed by atoms with van der Waals surface area (Å²) in [6, 6.07) is 20.5. The van der Waals surface area contributed by atoms with Crippen molar-refractivity contribution in [3.63, 3.8) is 0 Å². The molecule has 3 rings (SSSR count). The van der Waals surface area contributed by atoms with Gasteiger partial charge in [-0.1, -0.05) is 62.4 Å². The molecule has 5 heteroatoms. The van der Waals surface area contributed by atoms with Crippen LogP contribution in [-0.2, 0) is 11.3 Å². The second-order valence-corrected chi connectivity index (χ2v) is 7.22. The van der Waals surface area contributed by atoms with Crippen LogP contribution in [0, 0.1) is 5.92 Å². The minimum atomic E-state index is -0.618. The number of nitrogens with one attached hydrogen (secondary N) is 2. The van der Waals surface area contributed by atoms with Crippen molar-refractivity contribution in [3.05, 3.63) is 90.3 Å². The molecule has 148 valence electrons. The SMILES string of the molecule is CC(C)[C@H](NC(=O)c1ccc(-c2ccccc2)cc1)C(=O)NCc1cccnc1. The molecule has 1 atom stereocenters. The molecule has 0 saturated heterocycles. The van der Waals surface area contributed by atoms with Crippen LogP contribution in [0.4, 0.5) is 0 Å². The lowest BCUT2D eigenvalue weighted by molar-refractivity contribution is -0.124. The molecule has 2 aromatic carbocycles. The van der Waals surface area contributed by atoms with Crippen molar-refractivity contribution in [2.45, 2.75) is 26.4 Å².